The van der Waals surface area contributed by atoms with Crippen molar-refractivity contribution in [3.8, 4) is 17.4 Å². The molecule has 0 bridgehead atoms. The van der Waals surface area contributed by atoms with Gasteiger partial charge >= 0.3 is 11.9 Å². The van der Waals surface area contributed by atoms with Gasteiger partial charge in [0.1, 0.15) is 5.82 Å². The second-order valence-corrected chi connectivity index (χ2v) is 3.86. The number of ether oxygens (including phenoxy) is 1. The summed E-state index contributed by atoms with van der Waals surface area (Å²) in [7, 11) is 0. The maximum atomic E-state index is 13.5. The Morgan fingerprint density at radius 1 is 1.53 bits per heavy atom. The molecule has 0 aliphatic rings. The largest absolute Gasteiger partial charge is 0.476 e. The third-order valence-corrected chi connectivity index (χ3v) is 2.49. The second kappa shape index (κ2) is 5.09. The molecule has 5 nitrogen and oxygen atoms in total. The van der Waals surface area contributed by atoms with Gasteiger partial charge in [0.15, 0.2) is 0 Å². The van der Waals surface area contributed by atoms with Crippen molar-refractivity contribution in [2.75, 3.05) is 6.61 Å². The molecule has 0 aliphatic carbocycles. The number of aromatic nitrogens is 1. The molecule has 0 amide bonds. The smallest absolute Gasteiger partial charge is 0.362 e. The molecule has 2 rings (SSSR count). The SMILES string of the molecule is CCOc1oc(-c2ccc(C)c(F)c2)nc1C(=O)O. The van der Waals surface area contributed by atoms with Crippen LogP contribution >= 0.6 is 0 Å². The fraction of sp³-hybridized carbons (Fsp3) is 0.231. The molecule has 0 aliphatic heterocycles. The van der Waals surface area contributed by atoms with Gasteiger partial charge in [-0.1, -0.05) is 6.07 Å². The van der Waals surface area contributed by atoms with E-state index in [1.54, 1.807) is 26.0 Å². The van der Waals surface area contributed by atoms with Gasteiger partial charge in [0.25, 0.3) is 0 Å². The number of carboxylic acids is 1. The number of aromatic carboxylic acids is 1. The van der Waals surface area contributed by atoms with Crippen molar-refractivity contribution in [3.63, 3.8) is 0 Å². The summed E-state index contributed by atoms with van der Waals surface area (Å²) in [5.41, 5.74) is 0.521. The molecule has 0 unspecified atom stereocenters. The molecule has 1 aromatic carbocycles. The molecular formula is C13H12FNO4. The average Bonchev–Trinajstić information content (AvgIpc) is 2.77. The first kappa shape index (κ1) is 13.1. The zero-order valence-corrected chi connectivity index (χ0v) is 10.4. The molecule has 0 fully saturated rings. The molecule has 19 heavy (non-hydrogen) atoms. The van der Waals surface area contributed by atoms with Crippen LogP contribution in [0, 0.1) is 12.7 Å². The maximum Gasteiger partial charge on any atom is 0.362 e. The van der Waals surface area contributed by atoms with Crippen LogP contribution in [-0.2, 0) is 0 Å². The summed E-state index contributed by atoms with van der Waals surface area (Å²) in [5.74, 6) is -1.83. The van der Waals surface area contributed by atoms with Crippen LogP contribution in [-0.4, -0.2) is 22.7 Å². The van der Waals surface area contributed by atoms with E-state index < -0.39 is 11.8 Å². The monoisotopic (exact) mass is 265 g/mol. The summed E-state index contributed by atoms with van der Waals surface area (Å²) in [6, 6.07) is 4.41. The maximum absolute atomic E-state index is 13.5. The summed E-state index contributed by atoms with van der Waals surface area (Å²) < 4.78 is 23.7. The third kappa shape index (κ3) is 2.57. The Kier molecular flexibility index (Phi) is 3.50. The molecule has 2 aromatic rings. The third-order valence-electron chi connectivity index (χ3n) is 2.49. The van der Waals surface area contributed by atoms with E-state index in [0.29, 0.717) is 11.1 Å². The molecule has 1 aromatic heterocycles. The zero-order chi connectivity index (χ0) is 14.0. The van der Waals surface area contributed by atoms with Crippen molar-refractivity contribution in [3.05, 3.63) is 35.3 Å². The van der Waals surface area contributed by atoms with Gasteiger partial charge in [-0.15, -0.1) is 0 Å². The fourth-order valence-corrected chi connectivity index (χ4v) is 1.52. The second-order valence-electron chi connectivity index (χ2n) is 3.86. The quantitative estimate of drug-likeness (QED) is 0.920. The van der Waals surface area contributed by atoms with Gasteiger partial charge in [-0.2, -0.15) is 4.98 Å². The lowest BCUT2D eigenvalue weighted by Gasteiger charge is -1.99. The molecule has 6 heteroatoms. The Hall–Kier alpha value is -2.37. The van der Waals surface area contributed by atoms with Crippen molar-refractivity contribution < 1.29 is 23.4 Å². The Balaban J connectivity index is 2.47. The molecule has 100 valence electrons. The van der Waals surface area contributed by atoms with Gasteiger partial charge in [0.2, 0.25) is 11.6 Å². The predicted octanol–water partition coefficient (Wildman–Crippen LogP) is 2.89. The minimum absolute atomic E-state index is 0.0137. The highest BCUT2D eigenvalue weighted by atomic mass is 19.1. The standard InChI is InChI=1S/C13H12FNO4/c1-3-18-13-10(12(16)17)15-11(19-13)8-5-4-7(2)9(14)6-8/h4-6H,3H2,1-2H3,(H,16,17). The number of aryl methyl sites for hydroxylation is 1. The van der Waals surface area contributed by atoms with E-state index in [4.69, 9.17) is 14.3 Å². The van der Waals surface area contributed by atoms with Crippen LogP contribution in [0.2, 0.25) is 0 Å². The summed E-state index contributed by atoms with van der Waals surface area (Å²) in [5, 5.41) is 8.97. The van der Waals surface area contributed by atoms with Gasteiger partial charge < -0.3 is 14.3 Å². The van der Waals surface area contributed by atoms with Gasteiger partial charge in [0.05, 0.1) is 6.61 Å². The van der Waals surface area contributed by atoms with Crippen LogP contribution in [0.15, 0.2) is 22.6 Å². The normalized spacial score (nSPS) is 10.5. The first-order valence-electron chi connectivity index (χ1n) is 5.66. The number of oxazole rings is 1. The van der Waals surface area contributed by atoms with Crippen molar-refractivity contribution in [2.45, 2.75) is 13.8 Å². The van der Waals surface area contributed by atoms with E-state index in [0.717, 1.165) is 0 Å². The average molecular weight is 265 g/mol. The highest BCUT2D eigenvalue weighted by molar-refractivity contribution is 5.88. The number of benzene rings is 1. The molecule has 0 spiro atoms. The number of halogens is 1. The summed E-state index contributed by atoms with van der Waals surface area (Å²) in [6.07, 6.45) is 0. The summed E-state index contributed by atoms with van der Waals surface area (Å²) in [6.45, 7) is 3.57. The number of rotatable bonds is 4. The van der Waals surface area contributed by atoms with Gasteiger partial charge in [0, 0.05) is 5.56 Å². The number of hydrogen-bond donors (Lipinski definition) is 1. The van der Waals surface area contributed by atoms with Crippen LogP contribution in [0.3, 0.4) is 0 Å². The molecule has 1 heterocycles. The van der Waals surface area contributed by atoms with Crippen molar-refractivity contribution >= 4 is 5.97 Å². The minimum atomic E-state index is -1.26. The fourth-order valence-electron chi connectivity index (χ4n) is 1.52. The van der Waals surface area contributed by atoms with Gasteiger partial charge in [-0.05, 0) is 31.5 Å². The number of hydrogen-bond acceptors (Lipinski definition) is 4. The van der Waals surface area contributed by atoms with Crippen LogP contribution in [0.1, 0.15) is 23.0 Å². The Morgan fingerprint density at radius 2 is 2.26 bits per heavy atom. The van der Waals surface area contributed by atoms with E-state index in [9.17, 15) is 9.18 Å². The van der Waals surface area contributed by atoms with Gasteiger partial charge in [-0.25, -0.2) is 9.18 Å². The molecule has 0 radical (unpaired) electrons. The number of carbonyl (C=O) groups is 1. The highest BCUT2D eigenvalue weighted by Crippen LogP contribution is 2.28. The predicted molar refractivity (Wildman–Crippen MR) is 64.8 cm³/mol. The van der Waals surface area contributed by atoms with E-state index in [2.05, 4.69) is 4.98 Å². The van der Waals surface area contributed by atoms with Gasteiger partial charge in [-0.3, -0.25) is 0 Å². The first-order valence-corrected chi connectivity index (χ1v) is 5.66. The topological polar surface area (TPSA) is 72.6 Å². The lowest BCUT2D eigenvalue weighted by molar-refractivity contribution is 0.0683. The van der Waals surface area contributed by atoms with Crippen LogP contribution in [0.5, 0.6) is 5.95 Å². The molecule has 0 atom stereocenters. The Bertz CT molecular complexity index is 621. The van der Waals surface area contributed by atoms with Crippen molar-refractivity contribution in [1.29, 1.82) is 0 Å². The molecule has 0 saturated carbocycles. The van der Waals surface area contributed by atoms with Crippen LogP contribution in [0.25, 0.3) is 11.5 Å². The molecule has 0 saturated heterocycles. The van der Waals surface area contributed by atoms with Crippen molar-refractivity contribution in [2.24, 2.45) is 0 Å². The summed E-state index contributed by atoms with van der Waals surface area (Å²) in [4.78, 5) is 14.8. The van der Waals surface area contributed by atoms with Crippen LogP contribution in [0.4, 0.5) is 4.39 Å². The van der Waals surface area contributed by atoms with E-state index >= 15 is 0 Å². The van der Waals surface area contributed by atoms with E-state index in [-0.39, 0.29) is 24.1 Å². The Morgan fingerprint density at radius 3 is 2.84 bits per heavy atom. The summed E-state index contributed by atoms with van der Waals surface area (Å²) >= 11 is 0. The first-order chi connectivity index (χ1) is 9.02. The number of carboxylic acid groups (broad SMARTS) is 1. The number of nitrogens with zero attached hydrogens (tertiary/aromatic N) is 1. The van der Waals surface area contributed by atoms with E-state index in [1.807, 2.05) is 0 Å². The lowest BCUT2D eigenvalue weighted by Crippen LogP contribution is -2.01. The minimum Gasteiger partial charge on any atom is -0.476 e. The molecule has 1 N–H and O–H groups in total. The van der Waals surface area contributed by atoms with Crippen molar-refractivity contribution in [1.82, 2.24) is 4.98 Å². The van der Waals surface area contributed by atoms with E-state index in [1.165, 1.54) is 6.07 Å². The molecular weight excluding hydrogens is 253 g/mol. The lowest BCUT2D eigenvalue weighted by atomic mass is 10.1. The van der Waals surface area contributed by atoms with Crippen LogP contribution < -0.4 is 4.74 Å². The Labute approximate surface area is 108 Å². The zero-order valence-electron chi connectivity index (χ0n) is 10.4. The highest BCUT2D eigenvalue weighted by Gasteiger charge is 2.21.